The molecule has 0 aromatic heterocycles. The van der Waals surface area contributed by atoms with Crippen LogP contribution in [0.2, 0.25) is 0 Å². The first kappa shape index (κ1) is 28.6. The van der Waals surface area contributed by atoms with Crippen LogP contribution in [0.25, 0.3) is 10.8 Å². The molecule has 1 fully saturated rings. The van der Waals surface area contributed by atoms with Crippen molar-refractivity contribution in [2.75, 3.05) is 19.6 Å². The fraction of sp³-hybridized carbons (Fsp3) is 0.552. The smallest absolute Gasteiger partial charge is 0.243 e. The number of nitrogens with two attached hydrogens (primary N) is 1. The third-order valence-corrected chi connectivity index (χ3v) is 7.26. The molecule has 202 valence electrons. The lowest BCUT2D eigenvalue weighted by Gasteiger charge is -2.29. The number of aliphatic hydroxyl groups is 1. The monoisotopic (exact) mass is 510 g/mol. The number of nitrogens with zero attached hydrogens (tertiary/aromatic N) is 1. The summed E-state index contributed by atoms with van der Waals surface area (Å²) in [7, 11) is 0. The van der Waals surface area contributed by atoms with Crippen molar-refractivity contribution in [2.45, 2.75) is 77.0 Å². The van der Waals surface area contributed by atoms with Gasteiger partial charge in [0.15, 0.2) is 0 Å². The van der Waals surface area contributed by atoms with Crippen molar-refractivity contribution in [3.05, 3.63) is 48.0 Å². The van der Waals surface area contributed by atoms with Crippen LogP contribution < -0.4 is 16.4 Å². The first-order valence-corrected chi connectivity index (χ1v) is 13.6. The van der Waals surface area contributed by atoms with Gasteiger partial charge in [0.25, 0.3) is 0 Å². The van der Waals surface area contributed by atoms with Gasteiger partial charge in [-0.25, -0.2) is 0 Å². The van der Waals surface area contributed by atoms with Crippen LogP contribution in [0.5, 0.6) is 0 Å². The van der Waals surface area contributed by atoms with Gasteiger partial charge in [-0.05, 0) is 42.0 Å². The van der Waals surface area contributed by atoms with Crippen LogP contribution in [0.15, 0.2) is 42.5 Å². The van der Waals surface area contributed by atoms with E-state index in [0.29, 0.717) is 13.0 Å². The predicted octanol–water partition coefficient (Wildman–Crippen LogP) is 2.51. The molecule has 2 aromatic rings. The fourth-order valence-electron chi connectivity index (χ4n) is 4.99. The molecule has 2 aromatic carbocycles. The van der Waals surface area contributed by atoms with Gasteiger partial charge >= 0.3 is 0 Å². The number of likely N-dealkylation sites (tertiary alicyclic amines) is 1. The standard InChI is InChI=1S/C29H42N4O4/c1-3-5-9-21(4-2)29(37)33-15-8-12-26(33)28(36)32-25(27(35)31-19-24(34)18-30)17-20-13-14-22-10-6-7-11-23(22)16-20/h6-7,10-11,13-14,16,21,24-26,34H,3-5,8-9,12,15,17-19,30H2,1-2H3,(H,31,35)(H,32,36)/t21?,24?,25-,26?/m1/s1. The van der Waals surface area contributed by atoms with Crippen LogP contribution in [0.4, 0.5) is 0 Å². The summed E-state index contributed by atoms with van der Waals surface area (Å²) in [5.41, 5.74) is 6.38. The Bertz CT molecular complexity index is 1060. The van der Waals surface area contributed by atoms with Crippen molar-refractivity contribution in [3.63, 3.8) is 0 Å². The third-order valence-electron chi connectivity index (χ3n) is 7.26. The Hall–Kier alpha value is -2.97. The Balaban J connectivity index is 1.76. The number of nitrogens with one attached hydrogen (secondary N) is 2. The van der Waals surface area contributed by atoms with Crippen LogP contribution in [-0.4, -0.2) is 65.5 Å². The van der Waals surface area contributed by atoms with E-state index in [1.54, 1.807) is 4.90 Å². The van der Waals surface area contributed by atoms with Crippen molar-refractivity contribution in [1.29, 1.82) is 0 Å². The summed E-state index contributed by atoms with van der Waals surface area (Å²) < 4.78 is 0. The van der Waals surface area contributed by atoms with Gasteiger partial charge in [-0.3, -0.25) is 14.4 Å². The summed E-state index contributed by atoms with van der Waals surface area (Å²) in [6.45, 7) is 4.71. The molecule has 1 saturated heterocycles. The van der Waals surface area contributed by atoms with Crippen molar-refractivity contribution < 1.29 is 19.5 Å². The Morgan fingerprint density at radius 2 is 1.89 bits per heavy atom. The zero-order chi connectivity index (χ0) is 26.8. The number of fused-ring (bicyclic) bond motifs is 1. The Morgan fingerprint density at radius 1 is 1.14 bits per heavy atom. The lowest BCUT2D eigenvalue weighted by Crippen LogP contribution is -2.55. The summed E-state index contributed by atoms with van der Waals surface area (Å²) in [6, 6.07) is 12.5. The molecule has 1 aliphatic rings. The maximum Gasteiger partial charge on any atom is 0.243 e. The molecule has 37 heavy (non-hydrogen) atoms. The van der Waals surface area contributed by atoms with Crippen LogP contribution in [0.1, 0.15) is 57.9 Å². The van der Waals surface area contributed by atoms with E-state index in [0.717, 1.165) is 48.4 Å². The van der Waals surface area contributed by atoms with E-state index in [4.69, 9.17) is 5.73 Å². The highest BCUT2D eigenvalue weighted by Crippen LogP contribution is 2.24. The van der Waals surface area contributed by atoms with E-state index >= 15 is 0 Å². The van der Waals surface area contributed by atoms with E-state index in [-0.39, 0.29) is 43.1 Å². The number of hydrogen-bond donors (Lipinski definition) is 4. The average molecular weight is 511 g/mol. The molecule has 8 heteroatoms. The summed E-state index contributed by atoms with van der Waals surface area (Å²) in [5, 5.41) is 17.6. The second-order valence-electron chi connectivity index (χ2n) is 10.0. The maximum atomic E-state index is 13.4. The quantitative estimate of drug-likeness (QED) is 0.330. The average Bonchev–Trinajstić information content (AvgIpc) is 3.41. The first-order valence-electron chi connectivity index (χ1n) is 13.6. The highest BCUT2D eigenvalue weighted by Gasteiger charge is 2.37. The minimum Gasteiger partial charge on any atom is -0.390 e. The lowest BCUT2D eigenvalue weighted by atomic mass is 9.97. The molecule has 3 rings (SSSR count). The number of amides is 3. The Kier molecular flexibility index (Phi) is 10.9. The second kappa shape index (κ2) is 14.1. The topological polar surface area (TPSA) is 125 Å². The number of unbranched alkanes of at least 4 members (excludes halogenated alkanes) is 1. The van der Waals surface area contributed by atoms with Crippen molar-refractivity contribution >= 4 is 28.5 Å². The van der Waals surface area contributed by atoms with Gasteiger partial charge in [0.2, 0.25) is 17.7 Å². The lowest BCUT2D eigenvalue weighted by molar-refractivity contribution is -0.142. The predicted molar refractivity (Wildman–Crippen MR) is 146 cm³/mol. The molecule has 0 bridgehead atoms. The normalized spacial score (nSPS) is 17.8. The summed E-state index contributed by atoms with van der Waals surface area (Å²) >= 11 is 0. The number of rotatable bonds is 13. The molecule has 4 atom stereocenters. The van der Waals surface area contributed by atoms with Gasteiger partial charge in [0, 0.05) is 32.0 Å². The van der Waals surface area contributed by atoms with Gasteiger partial charge in [-0.2, -0.15) is 0 Å². The molecule has 0 radical (unpaired) electrons. The number of hydrogen-bond acceptors (Lipinski definition) is 5. The molecule has 5 N–H and O–H groups in total. The molecule has 3 amide bonds. The van der Waals surface area contributed by atoms with Crippen LogP contribution in [0.3, 0.4) is 0 Å². The van der Waals surface area contributed by atoms with Gasteiger partial charge in [-0.1, -0.05) is 69.2 Å². The van der Waals surface area contributed by atoms with Crippen LogP contribution in [-0.2, 0) is 20.8 Å². The van der Waals surface area contributed by atoms with E-state index in [2.05, 4.69) is 17.6 Å². The minimum atomic E-state index is -0.863. The van der Waals surface area contributed by atoms with E-state index in [1.807, 2.05) is 49.4 Å². The molecule has 3 unspecified atom stereocenters. The molecular weight excluding hydrogens is 468 g/mol. The zero-order valence-corrected chi connectivity index (χ0v) is 22.1. The summed E-state index contributed by atoms with van der Waals surface area (Å²) in [6.07, 6.45) is 4.35. The number of carbonyl (C=O) groups is 3. The molecular formula is C29H42N4O4. The first-order chi connectivity index (χ1) is 17.9. The SMILES string of the molecule is CCCCC(CC)C(=O)N1CCCC1C(=O)N[C@H](Cc1ccc2ccccc2c1)C(=O)NCC(O)CN. The fourth-order valence-corrected chi connectivity index (χ4v) is 4.99. The van der Waals surface area contributed by atoms with Crippen molar-refractivity contribution in [3.8, 4) is 0 Å². The Labute approximate surface area is 220 Å². The Morgan fingerprint density at radius 3 is 2.59 bits per heavy atom. The molecule has 0 aliphatic carbocycles. The molecule has 0 saturated carbocycles. The van der Waals surface area contributed by atoms with E-state index < -0.39 is 18.2 Å². The number of carbonyl (C=O) groups excluding carboxylic acids is 3. The molecule has 1 aliphatic heterocycles. The number of aliphatic hydroxyl groups excluding tert-OH is 1. The zero-order valence-electron chi connectivity index (χ0n) is 22.1. The minimum absolute atomic E-state index is 0.00305. The van der Waals surface area contributed by atoms with Gasteiger partial charge in [0.05, 0.1) is 6.10 Å². The highest BCUT2D eigenvalue weighted by atomic mass is 16.3. The maximum absolute atomic E-state index is 13.4. The van der Waals surface area contributed by atoms with E-state index in [9.17, 15) is 19.5 Å². The van der Waals surface area contributed by atoms with Gasteiger partial charge in [0.1, 0.15) is 12.1 Å². The van der Waals surface area contributed by atoms with E-state index in [1.165, 1.54) is 0 Å². The van der Waals surface area contributed by atoms with Gasteiger partial charge < -0.3 is 26.4 Å². The van der Waals surface area contributed by atoms with Crippen molar-refractivity contribution in [1.82, 2.24) is 15.5 Å². The highest BCUT2D eigenvalue weighted by molar-refractivity contribution is 5.93. The summed E-state index contributed by atoms with van der Waals surface area (Å²) in [5.74, 6) is -0.742. The number of benzene rings is 2. The van der Waals surface area contributed by atoms with Crippen LogP contribution >= 0.6 is 0 Å². The molecule has 8 nitrogen and oxygen atoms in total. The summed E-state index contributed by atoms with van der Waals surface area (Å²) in [4.78, 5) is 41.5. The van der Waals surface area contributed by atoms with Crippen LogP contribution in [0, 0.1) is 5.92 Å². The molecule has 1 heterocycles. The third kappa shape index (κ3) is 7.76. The largest absolute Gasteiger partial charge is 0.390 e. The van der Waals surface area contributed by atoms with Crippen molar-refractivity contribution in [2.24, 2.45) is 11.7 Å². The molecule has 0 spiro atoms. The van der Waals surface area contributed by atoms with Gasteiger partial charge in [-0.15, -0.1) is 0 Å². The second-order valence-corrected chi connectivity index (χ2v) is 10.0.